The summed E-state index contributed by atoms with van der Waals surface area (Å²) in [5, 5.41) is 0. The smallest absolute Gasteiger partial charge is 0.242 e. The second kappa shape index (κ2) is 3.50. The molecule has 0 bridgehead atoms. The molecule has 0 spiro atoms. The summed E-state index contributed by atoms with van der Waals surface area (Å²) >= 11 is 0. The predicted molar refractivity (Wildman–Crippen MR) is 57.7 cm³/mol. The molecule has 1 aromatic heterocycles. The Kier molecular flexibility index (Phi) is 2.76. The van der Waals surface area contributed by atoms with Crippen LogP contribution >= 0.6 is 0 Å². The molecule has 0 fully saturated rings. The van der Waals surface area contributed by atoms with Crippen molar-refractivity contribution in [3.05, 3.63) is 23.5 Å². The predicted octanol–water partition coefficient (Wildman–Crippen LogP) is 2.91. The molecule has 0 aliphatic heterocycles. The highest BCUT2D eigenvalue weighted by molar-refractivity contribution is 6.70. The average Bonchev–Trinajstić information content (AvgIpc) is 1.78. The molecule has 1 rings (SSSR count). The van der Waals surface area contributed by atoms with Gasteiger partial charge >= 0.3 is 0 Å². The first-order chi connectivity index (χ1) is 5.87. The van der Waals surface area contributed by atoms with Crippen molar-refractivity contribution in [2.45, 2.75) is 33.5 Å². The number of aromatic nitrogens is 1. The Morgan fingerprint density at radius 1 is 1.08 bits per heavy atom. The van der Waals surface area contributed by atoms with Crippen molar-refractivity contribution in [1.29, 1.82) is 0 Å². The maximum Gasteiger partial charge on any atom is 0.242 e. The maximum atomic E-state index is 5.86. The van der Waals surface area contributed by atoms with Crippen LogP contribution in [0.1, 0.15) is 11.4 Å². The van der Waals surface area contributed by atoms with Crippen molar-refractivity contribution >= 4 is 8.32 Å². The van der Waals surface area contributed by atoms with Crippen LogP contribution in [0.4, 0.5) is 0 Å². The van der Waals surface area contributed by atoms with Gasteiger partial charge < -0.3 is 4.43 Å². The lowest BCUT2D eigenvalue weighted by Crippen LogP contribution is -2.29. The van der Waals surface area contributed by atoms with E-state index in [1.807, 2.05) is 26.0 Å². The van der Waals surface area contributed by atoms with Crippen LogP contribution in [0.5, 0.6) is 5.75 Å². The molecule has 0 aliphatic rings. The molecule has 0 atom stereocenters. The van der Waals surface area contributed by atoms with Gasteiger partial charge in [-0.3, -0.25) is 4.98 Å². The number of rotatable bonds is 2. The third-order valence-corrected chi connectivity index (χ3v) is 2.33. The minimum absolute atomic E-state index is 0.962. The van der Waals surface area contributed by atoms with Gasteiger partial charge in [0, 0.05) is 11.4 Å². The van der Waals surface area contributed by atoms with Crippen LogP contribution in [0.3, 0.4) is 0 Å². The van der Waals surface area contributed by atoms with E-state index in [0.717, 1.165) is 17.1 Å². The van der Waals surface area contributed by atoms with Gasteiger partial charge in [-0.05, 0) is 45.6 Å². The van der Waals surface area contributed by atoms with Gasteiger partial charge in [0.2, 0.25) is 8.32 Å². The summed E-state index contributed by atoms with van der Waals surface area (Å²) in [6, 6.07) is 3.98. The standard InChI is InChI=1S/C10H17NOSi/c1-8-6-10(7-9(2)11-8)12-13(3,4)5/h6-7H,1-5H3. The first-order valence-electron chi connectivity index (χ1n) is 4.51. The number of hydrogen-bond acceptors (Lipinski definition) is 2. The van der Waals surface area contributed by atoms with Crippen molar-refractivity contribution in [2.24, 2.45) is 0 Å². The van der Waals surface area contributed by atoms with E-state index in [-0.39, 0.29) is 0 Å². The van der Waals surface area contributed by atoms with E-state index in [9.17, 15) is 0 Å². The number of pyridine rings is 1. The molecule has 0 saturated carbocycles. The monoisotopic (exact) mass is 195 g/mol. The van der Waals surface area contributed by atoms with Gasteiger partial charge in [0.1, 0.15) is 5.75 Å². The zero-order valence-corrected chi connectivity index (χ0v) is 10.0. The Balaban J connectivity index is 2.90. The second-order valence-electron chi connectivity index (χ2n) is 4.30. The van der Waals surface area contributed by atoms with Crippen LogP contribution in [0.2, 0.25) is 19.6 Å². The van der Waals surface area contributed by atoms with Crippen LogP contribution in [-0.2, 0) is 0 Å². The maximum absolute atomic E-state index is 5.86. The van der Waals surface area contributed by atoms with Crippen molar-refractivity contribution in [3.8, 4) is 5.75 Å². The molecule has 72 valence electrons. The lowest BCUT2D eigenvalue weighted by atomic mass is 10.3. The highest BCUT2D eigenvalue weighted by Crippen LogP contribution is 2.17. The number of aryl methyl sites for hydroxylation is 2. The summed E-state index contributed by atoms with van der Waals surface area (Å²) in [4.78, 5) is 4.30. The summed E-state index contributed by atoms with van der Waals surface area (Å²) in [6.45, 7) is 10.5. The Bertz CT molecular complexity index is 284. The van der Waals surface area contributed by atoms with E-state index in [2.05, 4.69) is 24.6 Å². The second-order valence-corrected chi connectivity index (χ2v) is 8.73. The topological polar surface area (TPSA) is 22.1 Å². The fourth-order valence-electron chi connectivity index (χ4n) is 1.21. The summed E-state index contributed by atoms with van der Waals surface area (Å²) in [6.07, 6.45) is 0. The zero-order valence-electron chi connectivity index (χ0n) is 9.01. The van der Waals surface area contributed by atoms with Gasteiger partial charge in [0.15, 0.2) is 0 Å². The summed E-state index contributed by atoms with van der Waals surface area (Å²) in [5.41, 5.74) is 2.04. The normalized spacial score (nSPS) is 11.5. The Morgan fingerprint density at radius 3 is 1.92 bits per heavy atom. The van der Waals surface area contributed by atoms with E-state index >= 15 is 0 Å². The van der Waals surface area contributed by atoms with Gasteiger partial charge in [0.25, 0.3) is 0 Å². The molecule has 0 unspecified atom stereocenters. The SMILES string of the molecule is Cc1cc(O[Si](C)(C)C)cc(C)n1. The lowest BCUT2D eigenvalue weighted by Gasteiger charge is -2.19. The molecule has 0 aromatic carbocycles. The molecule has 1 heterocycles. The third-order valence-electron chi connectivity index (χ3n) is 1.48. The fourth-order valence-corrected chi connectivity index (χ4v) is 2.03. The molecular weight excluding hydrogens is 178 g/mol. The summed E-state index contributed by atoms with van der Waals surface area (Å²) < 4.78 is 5.86. The molecule has 0 aliphatic carbocycles. The van der Waals surface area contributed by atoms with Crippen LogP contribution in [-0.4, -0.2) is 13.3 Å². The number of nitrogens with zero attached hydrogens (tertiary/aromatic N) is 1. The van der Waals surface area contributed by atoms with Crippen molar-refractivity contribution in [2.75, 3.05) is 0 Å². The first kappa shape index (κ1) is 10.2. The quantitative estimate of drug-likeness (QED) is 0.677. The fraction of sp³-hybridized carbons (Fsp3) is 0.500. The van der Waals surface area contributed by atoms with Crippen LogP contribution in [0.25, 0.3) is 0 Å². The third kappa shape index (κ3) is 3.59. The van der Waals surface area contributed by atoms with Crippen LogP contribution < -0.4 is 4.43 Å². The van der Waals surface area contributed by atoms with Gasteiger partial charge in [-0.25, -0.2) is 0 Å². The largest absolute Gasteiger partial charge is 0.544 e. The molecule has 3 heteroatoms. The molecule has 0 amide bonds. The molecule has 13 heavy (non-hydrogen) atoms. The Hall–Kier alpha value is -0.833. The Labute approximate surface area is 81.1 Å². The van der Waals surface area contributed by atoms with E-state index in [4.69, 9.17) is 4.43 Å². The van der Waals surface area contributed by atoms with Gasteiger partial charge in [0.05, 0.1) is 0 Å². The molecule has 0 N–H and O–H groups in total. The van der Waals surface area contributed by atoms with Crippen LogP contribution in [0, 0.1) is 13.8 Å². The highest BCUT2D eigenvalue weighted by Gasteiger charge is 2.16. The Morgan fingerprint density at radius 2 is 1.54 bits per heavy atom. The lowest BCUT2D eigenvalue weighted by molar-refractivity contribution is 0.555. The first-order valence-corrected chi connectivity index (χ1v) is 7.92. The summed E-state index contributed by atoms with van der Waals surface area (Å²) in [5.74, 6) is 0.962. The highest BCUT2D eigenvalue weighted by atomic mass is 28.4. The summed E-state index contributed by atoms with van der Waals surface area (Å²) in [7, 11) is -1.47. The molecule has 0 saturated heterocycles. The van der Waals surface area contributed by atoms with E-state index in [1.54, 1.807) is 0 Å². The zero-order chi connectivity index (χ0) is 10.1. The van der Waals surface area contributed by atoms with Gasteiger partial charge in [-0.2, -0.15) is 0 Å². The van der Waals surface area contributed by atoms with E-state index in [0.29, 0.717) is 0 Å². The van der Waals surface area contributed by atoms with Gasteiger partial charge in [-0.15, -0.1) is 0 Å². The minimum atomic E-state index is -1.47. The average molecular weight is 195 g/mol. The molecular formula is C10H17NOSi. The van der Waals surface area contributed by atoms with E-state index < -0.39 is 8.32 Å². The van der Waals surface area contributed by atoms with E-state index in [1.165, 1.54) is 0 Å². The van der Waals surface area contributed by atoms with Gasteiger partial charge in [-0.1, -0.05) is 0 Å². The minimum Gasteiger partial charge on any atom is -0.544 e. The molecule has 1 aromatic rings. The van der Waals surface area contributed by atoms with Crippen molar-refractivity contribution in [1.82, 2.24) is 4.98 Å². The number of hydrogen-bond donors (Lipinski definition) is 0. The molecule has 0 radical (unpaired) electrons. The van der Waals surface area contributed by atoms with Crippen LogP contribution in [0.15, 0.2) is 12.1 Å². The van der Waals surface area contributed by atoms with Crippen molar-refractivity contribution in [3.63, 3.8) is 0 Å². The van der Waals surface area contributed by atoms with Crippen molar-refractivity contribution < 1.29 is 4.43 Å². The molecule has 2 nitrogen and oxygen atoms in total.